The van der Waals surface area contributed by atoms with E-state index in [0.717, 1.165) is 30.5 Å². The zero-order valence-corrected chi connectivity index (χ0v) is 14.2. The highest BCUT2D eigenvalue weighted by Gasteiger charge is 2.42. The van der Waals surface area contributed by atoms with Crippen LogP contribution in [0.25, 0.3) is 0 Å². The first-order valence-electron chi connectivity index (χ1n) is 7.17. The van der Waals surface area contributed by atoms with Crippen LogP contribution >= 0.6 is 15.9 Å². The van der Waals surface area contributed by atoms with Gasteiger partial charge in [-0.15, -0.1) is 0 Å². The van der Waals surface area contributed by atoms with Crippen molar-refractivity contribution in [3.8, 4) is 0 Å². The monoisotopic (exact) mass is 340 g/mol. The summed E-state index contributed by atoms with van der Waals surface area (Å²) in [7, 11) is 2.18. The van der Waals surface area contributed by atoms with Gasteiger partial charge in [-0.3, -0.25) is 4.90 Å². The SMILES string of the molecule is CN(Cc1cccc(Br)c1)C1(CN)CCOC(C)(C)C1. The molecule has 0 aromatic heterocycles. The highest BCUT2D eigenvalue weighted by molar-refractivity contribution is 9.10. The molecule has 0 radical (unpaired) electrons. The molecule has 1 atom stereocenters. The molecule has 1 saturated heterocycles. The lowest BCUT2D eigenvalue weighted by molar-refractivity contribution is -0.115. The fourth-order valence-corrected chi connectivity index (χ4v) is 3.63. The van der Waals surface area contributed by atoms with E-state index in [1.807, 2.05) is 0 Å². The lowest BCUT2D eigenvalue weighted by Gasteiger charge is -2.49. The van der Waals surface area contributed by atoms with Crippen LogP contribution in [-0.2, 0) is 11.3 Å². The predicted octanol–water partition coefficient (Wildman–Crippen LogP) is 3.17. The zero-order valence-electron chi connectivity index (χ0n) is 12.7. The van der Waals surface area contributed by atoms with Gasteiger partial charge in [0.2, 0.25) is 0 Å². The van der Waals surface area contributed by atoms with Crippen LogP contribution in [-0.4, -0.2) is 36.2 Å². The van der Waals surface area contributed by atoms with Gasteiger partial charge in [-0.25, -0.2) is 0 Å². The summed E-state index contributed by atoms with van der Waals surface area (Å²) in [6.07, 6.45) is 1.97. The van der Waals surface area contributed by atoms with E-state index in [9.17, 15) is 0 Å². The van der Waals surface area contributed by atoms with Gasteiger partial charge in [0.15, 0.2) is 0 Å². The molecule has 1 heterocycles. The van der Waals surface area contributed by atoms with E-state index >= 15 is 0 Å². The summed E-state index contributed by atoms with van der Waals surface area (Å²) in [6, 6.07) is 8.47. The van der Waals surface area contributed by atoms with Crippen LogP contribution in [0, 0.1) is 0 Å². The van der Waals surface area contributed by atoms with Crippen molar-refractivity contribution in [2.75, 3.05) is 20.2 Å². The molecule has 1 aromatic carbocycles. The topological polar surface area (TPSA) is 38.5 Å². The molecule has 2 rings (SSSR count). The minimum Gasteiger partial charge on any atom is -0.375 e. The molecular weight excluding hydrogens is 316 g/mol. The maximum absolute atomic E-state index is 6.14. The smallest absolute Gasteiger partial charge is 0.0644 e. The second-order valence-corrected chi connectivity index (χ2v) is 7.37. The molecule has 0 saturated carbocycles. The molecule has 112 valence electrons. The number of nitrogens with zero attached hydrogens (tertiary/aromatic N) is 1. The lowest BCUT2D eigenvalue weighted by atomic mass is 9.80. The number of likely N-dealkylation sites (N-methyl/N-ethyl adjacent to an activating group) is 1. The van der Waals surface area contributed by atoms with Crippen LogP contribution in [0.2, 0.25) is 0 Å². The van der Waals surface area contributed by atoms with Crippen LogP contribution in [0.3, 0.4) is 0 Å². The second kappa shape index (κ2) is 6.14. The number of benzene rings is 1. The molecule has 2 N–H and O–H groups in total. The summed E-state index contributed by atoms with van der Waals surface area (Å²) >= 11 is 3.53. The van der Waals surface area contributed by atoms with E-state index in [1.54, 1.807) is 0 Å². The molecule has 1 aliphatic heterocycles. The van der Waals surface area contributed by atoms with E-state index in [4.69, 9.17) is 10.5 Å². The van der Waals surface area contributed by atoms with E-state index in [-0.39, 0.29) is 11.1 Å². The molecule has 0 amide bonds. The van der Waals surface area contributed by atoms with Crippen molar-refractivity contribution in [1.29, 1.82) is 0 Å². The van der Waals surface area contributed by atoms with Gasteiger partial charge in [0.1, 0.15) is 0 Å². The molecule has 0 bridgehead atoms. The number of halogens is 1. The Bertz CT molecular complexity index is 464. The fourth-order valence-electron chi connectivity index (χ4n) is 3.18. The van der Waals surface area contributed by atoms with Crippen molar-refractivity contribution in [2.24, 2.45) is 5.73 Å². The number of ether oxygens (including phenoxy) is 1. The summed E-state index contributed by atoms with van der Waals surface area (Å²) in [4.78, 5) is 2.40. The first-order chi connectivity index (χ1) is 9.37. The Balaban J connectivity index is 2.14. The molecule has 0 spiro atoms. The molecule has 0 aliphatic carbocycles. The third kappa shape index (κ3) is 3.61. The highest BCUT2D eigenvalue weighted by Crippen LogP contribution is 2.36. The standard InChI is InChI=1S/C16H25BrN2O/c1-15(2)11-16(12-18,7-8-20-15)19(3)10-13-5-4-6-14(17)9-13/h4-6,9H,7-8,10-12,18H2,1-3H3. The van der Waals surface area contributed by atoms with Crippen LogP contribution < -0.4 is 5.73 Å². The first kappa shape index (κ1) is 16.0. The molecule has 20 heavy (non-hydrogen) atoms. The average molecular weight is 341 g/mol. The van der Waals surface area contributed by atoms with Crippen molar-refractivity contribution >= 4 is 15.9 Å². The zero-order chi connectivity index (χ0) is 14.8. The van der Waals surface area contributed by atoms with Crippen molar-refractivity contribution < 1.29 is 4.74 Å². The Labute approximate surface area is 130 Å². The normalized spacial score (nSPS) is 25.9. The van der Waals surface area contributed by atoms with Crippen LogP contribution in [0.5, 0.6) is 0 Å². The van der Waals surface area contributed by atoms with Crippen LogP contribution in [0.4, 0.5) is 0 Å². The quantitative estimate of drug-likeness (QED) is 0.914. The molecule has 1 aromatic rings. The van der Waals surface area contributed by atoms with Crippen molar-refractivity contribution in [3.63, 3.8) is 0 Å². The maximum Gasteiger partial charge on any atom is 0.0644 e. The van der Waals surface area contributed by atoms with Crippen molar-refractivity contribution in [2.45, 2.75) is 44.4 Å². The van der Waals surface area contributed by atoms with E-state index in [2.05, 4.69) is 66.0 Å². The number of hydrogen-bond donors (Lipinski definition) is 1. The van der Waals surface area contributed by atoms with Crippen molar-refractivity contribution in [1.82, 2.24) is 4.90 Å². The minimum absolute atomic E-state index is 0.0318. The fraction of sp³-hybridized carbons (Fsp3) is 0.625. The highest BCUT2D eigenvalue weighted by atomic mass is 79.9. The van der Waals surface area contributed by atoms with Gasteiger partial charge in [-0.05, 0) is 51.4 Å². The van der Waals surface area contributed by atoms with Gasteiger partial charge in [0.05, 0.1) is 5.60 Å². The first-order valence-corrected chi connectivity index (χ1v) is 7.96. The molecule has 4 heteroatoms. The number of nitrogens with two attached hydrogens (primary N) is 1. The van der Waals surface area contributed by atoms with Crippen molar-refractivity contribution in [3.05, 3.63) is 34.3 Å². The maximum atomic E-state index is 6.14. The molecular formula is C16H25BrN2O. The number of hydrogen-bond acceptors (Lipinski definition) is 3. The Kier molecular flexibility index (Phi) is 4.90. The van der Waals surface area contributed by atoms with E-state index in [0.29, 0.717) is 6.54 Å². The van der Waals surface area contributed by atoms with Gasteiger partial charge in [0.25, 0.3) is 0 Å². The lowest BCUT2D eigenvalue weighted by Crippen LogP contribution is -2.59. The Morgan fingerprint density at radius 1 is 1.40 bits per heavy atom. The molecule has 1 aliphatic rings. The summed E-state index contributed by atoms with van der Waals surface area (Å²) in [5, 5.41) is 0. The Morgan fingerprint density at radius 3 is 2.75 bits per heavy atom. The van der Waals surface area contributed by atoms with Gasteiger partial charge in [-0.1, -0.05) is 28.1 Å². The van der Waals surface area contributed by atoms with Crippen LogP contribution in [0.1, 0.15) is 32.3 Å². The third-order valence-electron chi connectivity index (χ3n) is 4.31. The van der Waals surface area contributed by atoms with Gasteiger partial charge < -0.3 is 10.5 Å². The third-order valence-corrected chi connectivity index (χ3v) is 4.81. The minimum atomic E-state index is -0.0941. The summed E-state index contributed by atoms with van der Waals surface area (Å²) in [5.74, 6) is 0. The number of rotatable bonds is 4. The summed E-state index contributed by atoms with van der Waals surface area (Å²) in [6.45, 7) is 6.68. The second-order valence-electron chi connectivity index (χ2n) is 6.45. The van der Waals surface area contributed by atoms with E-state index < -0.39 is 0 Å². The molecule has 1 fully saturated rings. The predicted molar refractivity (Wildman–Crippen MR) is 86.7 cm³/mol. The summed E-state index contributed by atoms with van der Waals surface area (Å²) < 4.78 is 6.97. The summed E-state index contributed by atoms with van der Waals surface area (Å²) in [5.41, 5.74) is 7.38. The molecule has 3 nitrogen and oxygen atoms in total. The molecule has 1 unspecified atom stereocenters. The van der Waals surface area contributed by atoms with Gasteiger partial charge >= 0.3 is 0 Å². The average Bonchev–Trinajstić information content (AvgIpc) is 2.37. The Hall–Kier alpha value is -0.420. The van der Waals surface area contributed by atoms with E-state index in [1.165, 1.54) is 5.56 Å². The van der Waals surface area contributed by atoms with Gasteiger partial charge in [0, 0.05) is 29.7 Å². The Morgan fingerprint density at radius 2 is 2.15 bits per heavy atom. The van der Waals surface area contributed by atoms with Gasteiger partial charge in [-0.2, -0.15) is 0 Å². The largest absolute Gasteiger partial charge is 0.375 e. The van der Waals surface area contributed by atoms with Crippen LogP contribution in [0.15, 0.2) is 28.7 Å².